The molecule has 0 atom stereocenters. The molecular formula is C18H22ClNO. The number of hydrogen-bond donors (Lipinski definition) is 1. The zero-order valence-electron chi connectivity index (χ0n) is 13.0. The highest BCUT2D eigenvalue weighted by molar-refractivity contribution is 6.31. The third-order valence-electron chi connectivity index (χ3n) is 3.44. The molecule has 0 aromatic heterocycles. The molecule has 2 aromatic rings. The average molecular weight is 304 g/mol. The first-order valence-corrected chi connectivity index (χ1v) is 7.47. The second kappa shape index (κ2) is 6.08. The number of rotatable bonds is 3. The van der Waals surface area contributed by atoms with Gasteiger partial charge in [0, 0.05) is 22.7 Å². The van der Waals surface area contributed by atoms with Crippen molar-refractivity contribution in [3.05, 3.63) is 58.1 Å². The van der Waals surface area contributed by atoms with Crippen LogP contribution in [0.15, 0.2) is 36.4 Å². The summed E-state index contributed by atoms with van der Waals surface area (Å²) >= 11 is 6.19. The summed E-state index contributed by atoms with van der Waals surface area (Å²) in [4.78, 5) is 0. The molecule has 0 amide bonds. The van der Waals surface area contributed by atoms with Gasteiger partial charge >= 0.3 is 0 Å². The van der Waals surface area contributed by atoms with Gasteiger partial charge in [0.05, 0.1) is 0 Å². The van der Waals surface area contributed by atoms with Crippen molar-refractivity contribution in [2.75, 3.05) is 0 Å². The fourth-order valence-electron chi connectivity index (χ4n) is 2.27. The van der Waals surface area contributed by atoms with Gasteiger partial charge in [0.25, 0.3) is 0 Å². The first-order chi connectivity index (χ1) is 9.82. The van der Waals surface area contributed by atoms with Crippen LogP contribution in [0.2, 0.25) is 5.02 Å². The van der Waals surface area contributed by atoms with Gasteiger partial charge in [0.15, 0.2) is 0 Å². The van der Waals surface area contributed by atoms with Crippen LogP contribution in [0.4, 0.5) is 0 Å². The minimum atomic E-state index is 0.00278. The molecule has 21 heavy (non-hydrogen) atoms. The SMILES string of the molecule is Cc1ccc(Oc2cccc(Cl)c2CN)c(C(C)(C)C)c1. The Bertz CT molecular complexity index is 644. The third kappa shape index (κ3) is 3.58. The molecule has 0 heterocycles. The molecule has 0 fully saturated rings. The molecule has 112 valence electrons. The van der Waals surface area contributed by atoms with E-state index in [0.717, 1.165) is 17.1 Å². The molecule has 3 heteroatoms. The van der Waals surface area contributed by atoms with Gasteiger partial charge in [0.1, 0.15) is 11.5 Å². The normalized spacial score (nSPS) is 11.5. The monoisotopic (exact) mass is 303 g/mol. The summed E-state index contributed by atoms with van der Waals surface area (Å²) in [6, 6.07) is 11.8. The maximum atomic E-state index is 6.19. The molecule has 0 saturated heterocycles. The van der Waals surface area contributed by atoms with E-state index in [1.54, 1.807) is 0 Å². The Morgan fingerprint density at radius 2 is 1.81 bits per heavy atom. The fraction of sp³-hybridized carbons (Fsp3) is 0.333. The summed E-state index contributed by atoms with van der Waals surface area (Å²) in [7, 11) is 0. The van der Waals surface area contributed by atoms with Crippen LogP contribution in [-0.4, -0.2) is 0 Å². The lowest BCUT2D eigenvalue weighted by Gasteiger charge is -2.24. The Morgan fingerprint density at radius 3 is 2.43 bits per heavy atom. The van der Waals surface area contributed by atoms with Gasteiger partial charge in [-0.1, -0.05) is 56.1 Å². The van der Waals surface area contributed by atoms with Crippen molar-refractivity contribution in [1.29, 1.82) is 0 Å². The van der Waals surface area contributed by atoms with E-state index in [9.17, 15) is 0 Å². The summed E-state index contributed by atoms with van der Waals surface area (Å²) < 4.78 is 6.13. The van der Waals surface area contributed by atoms with Gasteiger partial charge in [0.2, 0.25) is 0 Å². The largest absolute Gasteiger partial charge is 0.457 e. The van der Waals surface area contributed by atoms with E-state index in [1.165, 1.54) is 11.1 Å². The van der Waals surface area contributed by atoms with Crippen molar-refractivity contribution in [1.82, 2.24) is 0 Å². The van der Waals surface area contributed by atoms with Crippen molar-refractivity contribution in [3.8, 4) is 11.5 Å². The van der Waals surface area contributed by atoms with E-state index < -0.39 is 0 Å². The Labute approximate surface area is 131 Å². The molecule has 0 saturated carbocycles. The number of benzene rings is 2. The minimum absolute atomic E-state index is 0.00278. The summed E-state index contributed by atoms with van der Waals surface area (Å²) in [5.74, 6) is 1.57. The van der Waals surface area contributed by atoms with Crippen molar-refractivity contribution in [3.63, 3.8) is 0 Å². The van der Waals surface area contributed by atoms with E-state index in [-0.39, 0.29) is 5.41 Å². The molecule has 0 aliphatic rings. The minimum Gasteiger partial charge on any atom is -0.457 e. The number of aryl methyl sites for hydroxylation is 1. The number of nitrogens with two attached hydrogens (primary N) is 1. The van der Waals surface area contributed by atoms with Gasteiger partial charge in [-0.2, -0.15) is 0 Å². The molecule has 2 rings (SSSR count). The third-order valence-corrected chi connectivity index (χ3v) is 3.80. The van der Waals surface area contributed by atoms with Crippen molar-refractivity contribution in [2.45, 2.75) is 39.7 Å². The van der Waals surface area contributed by atoms with Crippen LogP contribution < -0.4 is 10.5 Å². The standard InChI is InChI=1S/C18H22ClNO/c1-12-8-9-17(14(10-12)18(2,3)4)21-16-7-5-6-15(19)13(16)11-20/h5-10H,11,20H2,1-4H3. The van der Waals surface area contributed by atoms with Crippen LogP contribution in [0.5, 0.6) is 11.5 Å². The molecule has 0 bridgehead atoms. The lowest BCUT2D eigenvalue weighted by atomic mass is 9.85. The molecule has 2 aromatic carbocycles. The Morgan fingerprint density at radius 1 is 1.10 bits per heavy atom. The zero-order chi connectivity index (χ0) is 15.6. The highest BCUT2D eigenvalue weighted by Gasteiger charge is 2.20. The lowest BCUT2D eigenvalue weighted by molar-refractivity contribution is 0.450. The van der Waals surface area contributed by atoms with Crippen molar-refractivity contribution < 1.29 is 4.74 Å². The van der Waals surface area contributed by atoms with Gasteiger partial charge in [-0.3, -0.25) is 0 Å². The van der Waals surface area contributed by atoms with Gasteiger partial charge in [-0.25, -0.2) is 0 Å². The highest BCUT2D eigenvalue weighted by Crippen LogP contribution is 2.37. The van der Waals surface area contributed by atoms with Gasteiger partial charge in [-0.05, 0) is 30.5 Å². The predicted molar refractivity (Wildman–Crippen MR) is 89.3 cm³/mol. The maximum Gasteiger partial charge on any atom is 0.133 e. The van der Waals surface area contributed by atoms with E-state index in [1.807, 2.05) is 24.3 Å². The van der Waals surface area contributed by atoms with E-state index in [2.05, 4.69) is 39.8 Å². The molecular weight excluding hydrogens is 282 g/mol. The van der Waals surface area contributed by atoms with Crippen molar-refractivity contribution >= 4 is 11.6 Å². The number of hydrogen-bond acceptors (Lipinski definition) is 2. The lowest BCUT2D eigenvalue weighted by Crippen LogP contribution is -2.13. The molecule has 2 N–H and O–H groups in total. The average Bonchev–Trinajstić information content (AvgIpc) is 2.40. The number of ether oxygens (including phenoxy) is 1. The van der Waals surface area contributed by atoms with Crippen LogP contribution >= 0.6 is 11.6 Å². The van der Waals surface area contributed by atoms with Crippen LogP contribution in [0.3, 0.4) is 0 Å². The summed E-state index contributed by atoms with van der Waals surface area (Å²) in [6.07, 6.45) is 0. The van der Waals surface area contributed by atoms with E-state index in [4.69, 9.17) is 22.1 Å². The van der Waals surface area contributed by atoms with Gasteiger partial charge in [-0.15, -0.1) is 0 Å². The molecule has 0 unspecified atom stereocenters. The molecule has 0 aliphatic carbocycles. The Hall–Kier alpha value is -1.51. The van der Waals surface area contributed by atoms with E-state index >= 15 is 0 Å². The topological polar surface area (TPSA) is 35.2 Å². The molecule has 0 spiro atoms. The summed E-state index contributed by atoms with van der Waals surface area (Å²) in [5.41, 5.74) is 9.02. The second-order valence-corrected chi connectivity index (χ2v) is 6.68. The first kappa shape index (κ1) is 15.9. The second-order valence-electron chi connectivity index (χ2n) is 6.27. The Balaban J connectivity index is 2.48. The zero-order valence-corrected chi connectivity index (χ0v) is 13.8. The van der Waals surface area contributed by atoms with Crippen LogP contribution in [0.25, 0.3) is 0 Å². The number of halogens is 1. The van der Waals surface area contributed by atoms with Crippen molar-refractivity contribution in [2.24, 2.45) is 5.73 Å². The highest BCUT2D eigenvalue weighted by atomic mass is 35.5. The van der Waals surface area contributed by atoms with Crippen LogP contribution in [0.1, 0.15) is 37.5 Å². The fourth-order valence-corrected chi connectivity index (χ4v) is 2.51. The maximum absolute atomic E-state index is 6.19. The van der Waals surface area contributed by atoms with Crippen LogP contribution in [0, 0.1) is 6.92 Å². The van der Waals surface area contributed by atoms with Crippen LogP contribution in [-0.2, 0) is 12.0 Å². The summed E-state index contributed by atoms with van der Waals surface area (Å²) in [6.45, 7) is 8.97. The predicted octanol–water partition coefficient (Wildman–Crippen LogP) is 5.20. The molecule has 2 nitrogen and oxygen atoms in total. The Kier molecular flexibility index (Phi) is 4.60. The molecule has 0 aliphatic heterocycles. The summed E-state index contributed by atoms with van der Waals surface area (Å²) in [5, 5.41) is 0.638. The smallest absolute Gasteiger partial charge is 0.133 e. The van der Waals surface area contributed by atoms with E-state index in [0.29, 0.717) is 11.6 Å². The molecule has 0 radical (unpaired) electrons. The quantitative estimate of drug-likeness (QED) is 0.846. The first-order valence-electron chi connectivity index (χ1n) is 7.09. The van der Waals surface area contributed by atoms with Gasteiger partial charge < -0.3 is 10.5 Å².